The molecule has 0 heterocycles. The normalized spacial score (nSPS) is 34.6. The van der Waals surface area contributed by atoms with Crippen molar-refractivity contribution in [3.63, 3.8) is 0 Å². The fourth-order valence-corrected chi connectivity index (χ4v) is 2.84. The molecule has 3 saturated carbocycles. The van der Waals surface area contributed by atoms with Gasteiger partial charge in [-0.3, -0.25) is 4.79 Å². The van der Waals surface area contributed by atoms with Gasteiger partial charge in [0, 0.05) is 5.54 Å². The molecule has 1 N–H and O–H groups in total. The summed E-state index contributed by atoms with van der Waals surface area (Å²) in [5.74, 6) is -0.333. The van der Waals surface area contributed by atoms with Gasteiger partial charge in [-0.15, -0.1) is 0 Å². The van der Waals surface area contributed by atoms with Crippen LogP contribution in [0.25, 0.3) is 0 Å². The second-order valence-electron chi connectivity index (χ2n) is 6.54. The molecule has 3 fully saturated rings. The first-order valence-corrected chi connectivity index (χ1v) is 5.99. The third-order valence-electron chi connectivity index (χ3n) is 3.67. The lowest BCUT2D eigenvalue weighted by Crippen LogP contribution is -2.79. The molecule has 18 heavy (non-hydrogen) atoms. The lowest BCUT2D eigenvalue weighted by molar-refractivity contribution is -0.337. The Bertz CT molecular complexity index is 351. The van der Waals surface area contributed by atoms with Crippen molar-refractivity contribution < 1.29 is 22.7 Å². The molecule has 0 radical (unpaired) electrons. The molecule has 3 rings (SSSR count). The summed E-state index contributed by atoms with van der Waals surface area (Å²) in [7, 11) is 0. The van der Waals surface area contributed by atoms with Crippen molar-refractivity contribution in [3.8, 4) is 0 Å². The Balaban J connectivity index is 1.77. The standard InChI is InChI=1S/C12H18F3NO2/c1-9(2,3)18-4-8(17)16-11-5-10(6-11,7-11)12(13,14)15/h4-7H2,1-3H3,(H,16,17). The van der Waals surface area contributed by atoms with Gasteiger partial charge in [-0.25, -0.2) is 0 Å². The minimum atomic E-state index is -4.14. The molecule has 0 spiro atoms. The summed E-state index contributed by atoms with van der Waals surface area (Å²) < 4.78 is 43.1. The first-order chi connectivity index (χ1) is 7.97. The first kappa shape index (κ1) is 13.6. The lowest BCUT2D eigenvalue weighted by atomic mass is 9.39. The molecule has 0 aromatic carbocycles. The van der Waals surface area contributed by atoms with Gasteiger partial charge in [0.1, 0.15) is 6.61 Å². The van der Waals surface area contributed by atoms with Crippen LogP contribution in [0.5, 0.6) is 0 Å². The summed E-state index contributed by atoms with van der Waals surface area (Å²) in [6, 6.07) is 0. The van der Waals surface area contributed by atoms with Gasteiger partial charge >= 0.3 is 6.18 Å². The van der Waals surface area contributed by atoms with Gasteiger partial charge in [-0.1, -0.05) is 0 Å². The summed E-state index contributed by atoms with van der Waals surface area (Å²) in [5, 5.41) is 2.66. The molecule has 0 aromatic rings. The van der Waals surface area contributed by atoms with Crippen molar-refractivity contribution in [2.24, 2.45) is 5.41 Å². The molecular formula is C12H18F3NO2. The van der Waals surface area contributed by atoms with E-state index in [-0.39, 0.29) is 31.8 Å². The fraction of sp³-hybridized carbons (Fsp3) is 0.917. The molecule has 2 bridgehead atoms. The van der Waals surface area contributed by atoms with E-state index in [0.717, 1.165) is 0 Å². The topological polar surface area (TPSA) is 38.3 Å². The van der Waals surface area contributed by atoms with Crippen LogP contribution in [0.15, 0.2) is 0 Å². The number of hydrogen-bond donors (Lipinski definition) is 1. The predicted octanol–water partition coefficient (Wildman–Crippen LogP) is 2.40. The second kappa shape index (κ2) is 3.62. The van der Waals surface area contributed by atoms with E-state index in [4.69, 9.17) is 4.74 Å². The molecule has 0 atom stereocenters. The number of alkyl halides is 3. The summed E-state index contributed by atoms with van der Waals surface area (Å²) in [6.07, 6.45) is -4.08. The van der Waals surface area contributed by atoms with Gasteiger partial charge in [0.2, 0.25) is 5.91 Å². The number of rotatable bonds is 3. The molecule has 104 valence electrons. The van der Waals surface area contributed by atoms with Crippen LogP contribution in [0, 0.1) is 5.41 Å². The minimum absolute atomic E-state index is 0.0186. The van der Waals surface area contributed by atoms with Crippen molar-refractivity contribution in [2.45, 2.75) is 57.3 Å². The van der Waals surface area contributed by atoms with E-state index in [2.05, 4.69) is 5.32 Å². The van der Waals surface area contributed by atoms with Crippen molar-refractivity contribution in [2.75, 3.05) is 6.61 Å². The van der Waals surface area contributed by atoms with Gasteiger partial charge in [0.05, 0.1) is 11.0 Å². The zero-order valence-electron chi connectivity index (χ0n) is 10.8. The van der Waals surface area contributed by atoms with Crippen LogP contribution in [0.1, 0.15) is 40.0 Å². The highest BCUT2D eigenvalue weighted by atomic mass is 19.4. The number of ether oxygens (including phenoxy) is 1. The van der Waals surface area contributed by atoms with Crippen LogP contribution in [-0.2, 0) is 9.53 Å². The van der Waals surface area contributed by atoms with Crippen LogP contribution >= 0.6 is 0 Å². The smallest absolute Gasteiger partial charge is 0.366 e. The third kappa shape index (κ3) is 2.22. The molecule has 0 aliphatic heterocycles. The van der Waals surface area contributed by atoms with Crippen molar-refractivity contribution >= 4 is 5.91 Å². The number of carbonyl (C=O) groups excluding carboxylic acids is 1. The molecule has 6 heteroatoms. The average molecular weight is 265 g/mol. The number of nitrogens with one attached hydrogen (secondary N) is 1. The summed E-state index contributed by atoms with van der Waals surface area (Å²) in [6.45, 7) is 5.35. The van der Waals surface area contributed by atoms with Crippen molar-refractivity contribution in [3.05, 3.63) is 0 Å². The zero-order valence-corrected chi connectivity index (χ0v) is 10.8. The number of halogens is 3. The highest BCUT2D eigenvalue weighted by molar-refractivity contribution is 5.78. The minimum Gasteiger partial charge on any atom is -0.366 e. The molecule has 3 aliphatic rings. The van der Waals surface area contributed by atoms with E-state index >= 15 is 0 Å². The highest BCUT2D eigenvalue weighted by Crippen LogP contribution is 2.73. The maximum atomic E-state index is 12.6. The monoisotopic (exact) mass is 265 g/mol. The predicted molar refractivity (Wildman–Crippen MR) is 58.9 cm³/mol. The Morgan fingerprint density at radius 3 is 2.11 bits per heavy atom. The quantitative estimate of drug-likeness (QED) is 0.851. The average Bonchev–Trinajstić information content (AvgIpc) is 2.01. The van der Waals surface area contributed by atoms with Gasteiger partial charge in [-0.05, 0) is 40.0 Å². The summed E-state index contributed by atoms with van der Waals surface area (Å²) in [5.41, 5.74) is -2.57. The van der Waals surface area contributed by atoms with Crippen LogP contribution in [-0.4, -0.2) is 29.8 Å². The third-order valence-corrected chi connectivity index (χ3v) is 3.67. The van der Waals surface area contributed by atoms with Gasteiger partial charge in [-0.2, -0.15) is 13.2 Å². The second-order valence-corrected chi connectivity index (χ2v) is 6.54. The Hall–Kier alpha value is -0.780. The maximum absolute atomic E-state index is 12.6. The van der Waals surface area contributed by atoms with E-state index in [0.29, 0.717) is 0 Å². The van der Waals surface area contributed by atoms with Crippen LogP contribution in [0.4, 0.5) is 13.2 Å². The molecular weight excluding hydrogens is 247 g/mol. The maximum Gasteiger partial charge on any atom is 0.394 e. The van der Waals surface area contributed by atoms with E-state index in [1.807, 2.05) is 20.8 Å². The van der Waals surface area contributed by atoms with E-state index in [1.165, 1.54) is 0 Å². The number of amides is 1. The van der Waals surface area contributed by atoms with E-state index < -0.39 is 22.7 Å². The molecule has 3 nitrogen and oxygen atoms in total. The largest absolute Gasteiger partial charge is 0.394 e. The summed E-state index contributed by atoms with van der Waals surface area (Å²) >= 11 is 0. The first-order valence-electron chi connectivity index (χ1n) is 5.99. The molecule has 0 saturated heterocycles. The van der Waals surface area contributed by atoms with Crippen molar-refractivity contribution in [1.82, 2.24) is 5.32 Å². The highest BCUT2D eigenvalue weighted by Gasteiger charge is 2.78. The van der Waals surface area contributed by atoms with Crippen molar-refractivity contribution in [1.29, 1.82) is 0 Å². The Morgan fingerprint density at radius 1 is 1.22 bits per heavy atom. The Labute approximate surface area is 104 Å². The van der Waals surface area contributed by atoms with Crippen LogP contribution in [0.2, 0.25) is 0 Å². The SMILES string of the molecule is CC(C)(C)OCC(=O)NC12CC(C(F)(F)F)(C1)C2. The molecule has 0 aromatic heterocycles. The Kier molecular flexibility index (Phi) is 2.74. The molecule has 0 unspecified atom stereocenters. The Morgan fingerprint density at radius 2 is 1.72 bits per heavy atom. The summed E-state index contributed by atoms with van der Waals surface area (Å²) in [4.78, 5) is 11.6. The van der Waals surface area contributed by atoms with E-state index in [1.54, 1.807) is 0 Å². The number of carbonyl (C=O) groups is 1. The molecule has 1 amide bonds. The zero-order chi connectivity index (χ0) is 13.8. The van der Waals surface area contributed by atoms with E-state index in [9.17, 15) is 18.0 Å². The molecule has 3 aliphatic carbocycles. The number of hydrogen-bond acceptors (Lipinski definition) is 2. The van der Waals surface area contributed by atoms with Gasteiger partial charge in [0.15, 0.2) is 0 Å². The lowest BCUT2D eigenvalue weighted by Gasteiger charge is -2.70. The van der Waals surface area contributed by atoms with Crippen LogP contribution < -0.4 is 5.32 Å². The fourth-order valence-electron chi connectivity index (χ4n) is 2.84. The van der Waals surface area contributed by atoms with Crippen LogP contribution in [0.3, 0.4) is 0 Å². The van der Waals surface area contributed by atoms with Gasteiger partial charge < -0.3 is 10.1 Å². The van der Waals surface area contributed by atoms with Gasteiger partial charge in [0.25, 0.3) is 0 Å².